The summed E-state index contributed by atoms with van der Waals surface area (Å²) >= 11 is 0. The van der Waals surface area contributed by atoms with E-state index in [0.29, 0.717) is 23.2 Å². The molecule has 2 aliphatic heterocycles. The van der Waals surface area contributed by atoms with Gasteiger partial charge in [0.15, 0.2) is 0 Å². The Morgan fingerprint density at radius 2 is 1.56 bits per heavy atom. The number of hydrazine groups is 1. The highest BCUT2D eigenvalue weighted by Crippen LogP contribution is 2.65. The van der Waals surface area contributed by atoms with Crippen LogP contribution < -0.4 is 10.2 Å². The van der Waals surface area contributed by atoms with Crippen molar-refractivity contribution in [3.8, 4) is 17.2 Å². The number of benzene rings is 4. The number of aromatic hydroxyl groups is 2. The van der Waals surface area contributed by atoms with E-state index in [2.05, 4.69) is 10.2 Å². The van der Waals surface area contributed by atoms with Crippen LogP contribution in [0.2, 0.25) is 0 Å². The fourth-order valence-electron chi connectivity index (χ4n) is 9.24. The summed E-state index contributed by atoms with van der Waals surface area (Å²) in [7, 11) is 0. The molecule has 0 bridgehead atoms. The molecule has 4 aliphatic rings. The minimum atomic E-state index is -5.07. The van der Waals surface area contributed by atoms with Crippen LogP contribution in [0.3, 0.4) is 0 Å². The molecule has 2 saturated heterocycles. The summed E-state index contributed by atoms with van der Waals surface area (Å²) in [5.41, 5.74) is 4.11. The Hall–Kier alpha value is -6.11. The maximum atomic E-state index is 15.2. The third-order valence-corrected chi connectivity index (χ3v) is 11.6. The van der Waals surface area contributed by atoms with Gasteiger partial charge in [-0.05, 0) is 85.7 Å². The summed E-state index contributed by atoms with van der Waals surface area (Å²) in [5, 5.41) is 22.2. The van der Waals surface area contributed by atoms with E-state index in [1.54, 1.807) is 72.8 Å². The Balaban J connectivity index is 1.28. The van der Waals surface area contributed by atoms with Gasteiger partial charge in [0.2, 0.25) is 11.8 Å². The first-order valence-electron chi connectivity index (χ1n) is 18.0. The maximum absolute atomic E-state index is 15.2. The van der Waals surface area contributed by atoms with Gasteiger partial charge in [-0.2, -0.15) is 5.01 Å². The third kappa shape index (κ3) is 5.98. The van der Waals surface area contributed by atoms with Gasteiger partial charge < -0.3 is 14.9 Å². The van der Waals surface area contributed by atoms with Gasteiger partial charge in [0.1, 0.15) is 17.2 Å². The van der Waals surface area contributed by atoms with Gasteiger partial charge in [-0.3, -0.25) is 29.5 Å². The van der Waals surface area contributed by atoms with E-state index in [9.17, 15) is 37.8 Å². The van der Waals surface area contributed by atoms with Gasteiger partial charge in [0.05, 0.1) is 28.9 Å². The van der Waals surface area contributed by atoms with Crippen molar-refractivity contribution >= 4 is 29.3 Å². The lowest BCUT2D eigenvalue weighted by Gasteiger charge is -2.50. The number of carbonyl (C=O) groups is 4. The molecule has 1 saturated carbocycles. The number of nitrogens with one attached hydrogen (secondary N) is 1. The number of hydrogen-bond acceptors (Lipinski definition) is 8. The van der Waals surface area contributed by atoms with Gasteiger partial charge in [-0.1, -0.05) is 71.8 Å². The maximum Gasteiger partial charge on any atom is 0.573 e. The fraction of sp³-hybridized carbons (Fsp3) is 0.286. The summed E-state index contributed by atoms with van der Waals surface area (Å²) < 4.78 is 45.1. The van der Waals surface area contributed by atoms with Gasteiger partial charge in [-0.25, -0.2) is 0 Å². The van der Waals surface area contributed by atoms with Crippen molar-refractivity contribution in [1.29, 1.82) is 0 Å². The molecule has 0 aromatic heterocycles. The van der Waals surface area contributed by atoms with Crippen molar-refractivity contribution in [2.24, 2.45) is 23.7 Å². The molecule has 2 aliphatic carbocycles. The number of ether oxygens (including phenoxy) is 1. The highest BCUT2D eigenvalue weighted by molar-refractivity contribution is 6.13. The first-order chi connectivity index (χ1) is 26.3. The van der Waals surface area contributed by atoms with E-state index in [1.807, 2.05) is 6.92 Å². The van der Waals surface area contributed by atoms with Crippen molar-refractivity contribution in [2.45, 2.75) is 43.9 Å². The lowest BCUT2D eigenvalue weighted by Crippen LogP contribution is -2.53. The van der Waals surface area contributed by atoms with Crippen LogP contribution in [0.5, 0.6) is 17.2 Å². The first kappa shape index (κ1) is 35.9. The second-order valence-electron chi connectivity index (χ2n) is 14.6. The summed E-state index contributed by atoms with van der Waals surface area (Å²) in [4.78, 5) is 59.6. The number of anilines is 1. The quantitative estimate of drug-likeness (QED) is 0.137. The fourth-order valence-corrected chi connectivity index (χ4v) is 9.24. The molecule has 13 heteroatoms. The van der Waals surface area contributed by atoms with Gasteiger partial charge in [0.25, 0.3) is 11.8 Å². The van der Waals surface area contributed by atoms with Crippen molar-refractivity contribution < 1.29 is 47.3 Å². The molecule has 4 aromatic rings. The number of hydrogen-bond donors (Lipinski definition) is 3. The SMILES string of the molecule is Cc1ccc(NN2C(=O)C3CC4C(=CCC5C(=O)N(CCc6ccc(O)cc6)C(=O)C54)C(c4cc(OC(F)(F)F)ccc4O)C3(c3ccccc3)C2=O)cc1. The smallest absolute Gasteiger partial charge is 0.508 e. The molecular weight excluding hydrogens is 715 g/mol. The number of carbonyl (C=O) groups excluding carboxylic acids is 4. The molecule has 8 rings (SSSR count). The second-order valence-corrected chi connectivity index (χ2v) is 14.6. The van der Waals surface area contributed by atoms with E-state index in [0.717, 1.165) is 34.3 Å². The van der Waals surface area contributed by atoms with Crippen LogP contribution in [0.1, 0.15) is 41.0 Å². The summed E-state index contributed by atoms with van der Waals surface area (Å²) in [6.07, 6.45) is -2.92. The average molecular weight is 752 g/mol. The molecule has 4 amide bonds. The molecule has 2 heterocycles. The minimum absolute atomic E-state index is 0.0284. The zero-order valence-corrected chi connectivity index (χ0v) is 29.5. The van der Waals surface area contributed by atoms with Crippen molar-refractivity contribution in [3.63, 3.8) is 0 Å². The Bertz CT molecular complexity index is 2230. The van der Waals surface area contributed by atoms with Gasteiger partial charge >= 0.3 is 6.36 Å². The van der Waals surface area contributed by atoms with E-state index < -0.39 is 70.6 Å². The number of likely N-dealkylation sites (tertiary alicyclic amines) is 1. The largest absolute Gasteiger partial charge is 0.573 e. The highest BCUT2D eigenvalue weighted by atomic mass is 19.4. The molecule has 55 heavy (non-hydrogen) atoms. The summed E-state index contributed by atoms with van der Waals surface area (Å²) in [6.45, 7) is 1.95. The van der Waals surface area contributed by atoms with Crippen LogP contribution in [0.15, 0.2) is 109 Å². The summed E-state index contributed by atoms with van der Waals surface area (Å²) in [6, 6.07) is 25.0. The molecule has 10 nitrogen and oxygen atoms in total. The molecule has 4 aromatic carbocycles. The Morgan fingerprint density at radius 3 is 2.25 bits per heavy atom. The molecule has 3 fully saturated rings. The lowest BCUT2D eigenvalue weighted by molar-refractivity contribution is -0.274. The Labute approximate surface area is 313 Å². The Morgan fingerprint density at radius 1 is 0.855 bits per heavy atom. The number of aryl methyl sites for hydroxylation is 1. The van der Waals surface area contributed by atoms with Crippen molar-refractivity contribution in [1.82, 2.24) is 9.91 Å². The topological polar surface area (TPSA) is 136 Å². The zero-order chi connectivity index (χ0) is 38.8. The van der Waals surface area contributed by atoms with E-state index >= 15 is 4.79 Å². The number of allylic oxidation sites excluding steroid dienone is 2. The van der Waals surface area contributed by atoms with Crippen LogP contribution >= 0.6 is 0 Å². The average Bonchev–Trinajstić information content (AvgIpc) is 3.53. The molecular formula is C42H36F3N3O7. The zero-order valence-electron chi connectivity index (χ0n) is 29.5. The van der Waals surface area contributed by atoms with Crippen molar-refractivity contribution in [2.75, 3.05) is 12.0 Å². The second kappa shape index (κ2) is 13.3. The van der Waals surface area contributed by atoms with Crippen LogP contribution in [0, 0.1) is 30.6 Å². The predicted octanol–water partition coefficient (Wildman–Crippen LogP) is 6.53. The number of rotatable bonds is 8. The number of nitrogens with zero attached hydrogens (tertiary/aromatic N) is 2. The number of halogens is 3. The number of fused-ring (bicyclic) bond motifs is 4. The van der Waals surface area contributed by atoms with Crippen LogP contribution in [0.25, 0.3) is 0 Å². The molecule has 3 N–H and O–H groups in total. The number of alkyl halides is 3. The van der Waals surface area contributed by atoms with E-state index in [4.69, 9.17) is 0 Å². The van der Waals surface area contributed by atoms with Crippen LogP contribution in [-0.2, 0) is 31.0 Å². The van der Waals surface area contributed by atoms with Gasteiger partial charge in [-0.15, -0.1) is 13.2 Å². The van der Waals surface area contributed by atoms with E-state index in [1.165, 1.54) is 17.0 Å². The molecule has 6 atom stereocenters. The number of phenols is 2. The number of amides is 4. The lowest BCUT2D eigenvalue weighted by atomic mass is 9.49. The summed E-state index contributed by atoms with van der Waals surface area (Å²) in [5.74, 6) is -8.05. The van der Waals surface area contributed by atoms with Crippen molar-refractivity contribution in [3.05, 3.63) is 131 Å². The van der Waals surface area contributed by atoms with Gasteiger partial charge in [0, 0.05) is 18.0 Å². The highest BCUT2D eigenvalue weighted by Gasteiger charge is 2.70. The number of phenolic OH excluding ortho intramolecular Hbond substituents is 2. The Kier molecular flexibility index (Phi) is 8.70. The molecule has 0 radical (unpaired) electrons. The monoisotopic (exact) mass is 751 g/mol. The normalized spacial score (nSPS) is 26.0. The first-order valence-corrected chi connectivity index (χ1v) is 18.0. The third-order valence-electron chi connectivity index (χ3n) is 11.6. The molecule has 282 valence electrons. The van der Waals surface area contributed by atoms with Crippen LogP contribution in [0.4, 0.5) is 18.9 Å². The standard InChI is InChI=1S/C42H36F3N3O7/c1-23-7-11-26(12-8-23)46-48-38(52)33-22-31-29(16-17-30-35(31)39(53)47(37(30)51)20-19-24-9-13-27(49)14-10-24)36(41(33,40(48)54)25-5-3-2-4-6-25)32-21-28(15-18-34(32)50)55-42(43,44)45/h2-16,18,21,30-31,33,35-36,46,49-50H,17,19-20,22H2,1H3. The molecule has 6 unspecified atom stereocenters. The predicted molar refractivity (Wildman–Crippen MR) is 192 cm³/mol. The molecule has 0 spiro atoms. The minimum Gasteiger partial charge on any atom is -0.508 e. The van der Waals surface area contributed by atoms with E-state index in [-0.39, 0.29) is 36.6 Å². The number of imide groups is 2. The van der Waals surface area contributed by atoms with Crippen LogP contribution in [-0.4, -0.2) is 56.7 Å².